The Bertz CT molecular complexity index is 1070. The minimum absolute atomic E-state index is 0.0721. The number of Topliss-reactive ketones (excluding diaryl/α,β-unsaturated/α-hetero) is 1. The number of nitrogens with zero attached hydrogens (tertiary/aromatic N) is 1. The third-order valence-corrected chi connectivity index (χ3v) is 4.84. The molecule has 0 saturated heterocycles. The van der Waals surface area contributed by atoms with Crippen molar-refractivity contribution in [2.75, 3.05) is 6.54 Å². The number of benzene rings is 2. The lowest BCUT2D eigenvalue weighted by atomic mass is 9.87. The Kier molecular flexibility index (Phi) is 6.65. The number of amides is 2. The van der Waals surface area contributed by atoms with Crippen molar-refractivity contribution in [3.63, 3.8) is 0 Å². The van der Waals surface area contributed by atoms with Gasteiger partial charge in [0.05, 0.1) is 13.0 Å². The van der Waals surface area contributed by atoms with Crippen LogP contribution in [0.3, 0.4) is 0 Å². The van der Waals surface area contributed by atoms with E-state index in [4.69, 9.17) is 10.2 Å². The topological polar surface area (TPSA) is 115 Å². The largest absolute Gasteiger partial charge is 0.432 e. The maximum absolute atomic E-state index is 12.9. The maximum Gasteiger partial charge on any atom is 0.227 e. The molecule has 3 rings (SSSR count). The number of hydrogen-bond donors (Lipinski definition) is 2. The highest BCUT2D eigenvalue weighted by atomic mass is 16.4. The highest BCUT2D eigenvalue weighted by molar-refractivity contribution is 6.02. The van der Waals surface area contributed by atoms with E-state index >= 15 is 0 Å². The predicted octanol–water partition coefficient (Wildman–Crippen LogP) is 3.41. The molecule has 0 spiro atoms. The zero-order valence-corrected chi connectivity index (χ0v) is 17.4. The van der Waals surface area contributed by atoms with E-state index < -0.39 is 23.0 Å². The van der Waals surface area contributed by atoms with E-state index in [0.29, 0.717) is 11.6 Å². The Labute approximate surface area is 180 Å². The van der Waals surface area contributed by atoms with Crippen molar-refractivity contribution in [2.24, 2.45) is 11.1 Å². The van der Waals surface area contributed by atoms with Gasteiger partial charge in [-0.2, -0.15) is 0 Å². The SMILES string of the molecule is CC(C)(C[CH]C(=O)NCC(=O)c1oc(-c2ccccc2)nc1-c1ccccc1)C(N)=O. The minimum atomic E-state index is -0.850. The number of primary amides is 1. The summed E-state index contributed by atoms with van der Waals surface area (Å²) in [6.07, 6.45) is 1.48. The molecule has 1 heterocycles. The van der Waals surface area contributed by atoms with Gasteiger partial charge >= 0.3 is 0 Å². The van der Waals surface area contributed by atoms with E-state index in [0.717, 1.165) is 11.1 Å². The van der Waals surface area contributed by atoms with Gasteiger partial charge in [0.15, 0.2) is 0 Å². The van der Waals surface area contributed by atoms with Crippen LogP contribution >= 0.6 is 0 Å². The van der Waals surface area contributed by atoms with Gasteiger partial charge < -0.3 is 15.5 Å². The molecule has 159 valence electrons. The lowest BCUT2D eigenvalue weighted by Crippen LogP contribution is -2.35. The number of nitrogens with one attached hydrogen (secondary N) is 1. The van der Waals surface area contributed by atoms with Crippen LogP contribution in [0.25, 0.3) is 22.7 Å². The van der Waals surface area contributed by atoms with E-state index in [2.05, 4.69) is 10.3 Å². The van der Waals surface area contributed by atoms with Gasteiger partial charge in [0, 0.05) is 16.5 Å². The normalized spacial score (nSPS) is 11.2. The van der Waals surface area contributed by atoms with Gasteiger partial charge in [-0.15, -0.1) is 0 Å². The summed E-state index contributed by atoms with van der Waals surface area (Å²) in [5, 5.41) is 2.54. The van der Waals surface area contributed by atoms with Crippen molar-refractivity contribution < 1.29 is 18.8 Å². The zero-order valence-electron chi connectivity index (χ0n) is 17.4. The highest BCUT2D eigenvalue weighted by Gasteiger charge is 2.26. The number of hydrogen-bond acceptors (Lipinski definition) is 5. The molecule has 3 N–H and O–H groups in total. The molecule has 7 nitrogen and oxygen atoms in total. The maximum atomic E-state index is 12.9. The van der Waals surface area contributed by atoms with Crippen molar-refractivity contribution in [3.05, 3.63) is 72.8 Å². The Morgan fingerprint density at radius 2 is 1.58 bits per heavy atom. The second-order valence-electron chi connectivity index (χ2n) is 7.73. The van der Waals surface area contributed by atoms with E-state index in [9.17, 15) is 14.4 Å². The first-order valence-electron chi connectivity index (χ1n) is 9.84. The second kappa shape index (κ2) is 9.38. The molecule has 0 aliphatic rings. The zero-order chi connectivity index (χ0) is 22.4. The van der Waals surface area contributed by atoms with Crippen LogP contribution < -0.4 is 11.1 Å². The van der Waals surface area contributed by atoms with Crippen molar-refractivity contribution in [2.45, 2.75) is 20.3 Å². The number of nitrogens with two attached hydrogens (primary N) is 1. The monoisotopic (exact) mass is 418 g/mol. The van der Waals surface area contributed by atoms with Crippen molar-refractivity contribution in [1.29, 1.82) is 0 Å². The van der Waals surface area contributed by atoms with Crippen molar-refractivity contribution in [1.82, 2.24) is 10.3 Å². The average molecular weight is 418 g/mol. The quantitative estimate of drug-likeness (QED) is 0.517. The van der Waals surface area contributed by atoms with Crippen molar-refractivity contribution >= 4 is 17.6 Å². The van der Waals surface area contributed by atoms with Gasteiger partial charge in [0.25, 0.3) is 0 Å². The van der Waals surface area contributed by atoms with Crippen LogP contribution in [-0.2, 0) is 9.59 Å². The van der Waals surface area contributed by atoms with E-state index in [1.54, 1.807) is 13.8 Å². The Morgan fingerprint density at radius 1 is 1.00 bits per heavy atom. The number of carbonyl (C=O) groups is 3. The third-order valence-electron chi connectivity index (χ3n) is 4.84. The van der Waals surface area contributed by atoms with Crippen molar-refractivity contribution in [3.8, 4) is 22.7 Å². The summed E-state index contributed by atoms with van der Waals surface area (Å²) in [5.41, 5.74) is 6.35. The summed E-state index contributed by atoms with van der Waals surface area (Å²) in [7, 11) is 0. The van der Waals surface area contributed by atoms with Crippen LogP contribution in [0, 0.1) is 11.8 Å². The Hall–Kier alpha value is -3.74. The summed E-state index contributed by atoms with van der Waals surface area (Å²) in [4.78, 5) is 40.9. The summed E-state index contributed by atoms with van der Waals surface area (Å²) in [6, 6.07) is 18.5. The van der Waals surface area contributed by atoms with Gasteiger partial charge in [0.2, 0.25) is 29.2 Å². The molecule has 0 unspecified atom stereocenters. The molecular formula is C24H24N3O4. The van der Waals surface area contributed by atoms with E-state index in [-0.39, 0.29) is 18.7 Å². The van der Waals surface area contributed by atoms with Gasteiger partial charge in [-0.05, 0) is 18.6 Å². The predicted molar refractivity (Wildman–Crippen MR) is 117 cm³/mol. The lowest BCUT2D eigenvalue weighted by molar-refractivity contribution is -0.126. The third kappa shape index (κ3) is 5.45. The van der Waals surface area contributed by atoms with Crippen LogP contribution in [0.1, 0.15) is 30.8 Å². The van der Waals surface area contributed by atoms with Gasteiger partial charge in [-0.3, -0.25) is 14.4 Å². The van der Waals surface area contributed by atoms with E-state index in [1.807, 2.05) is 60.7 Å². The van der Waals surface area contributed by atoms with Crippen LogP contribution in [0.2, 0.25) is 0 Å². The molecule has 7 heteroatoms. The molecule has 3 aromatic rings. The molecule has 1 radical (unpaired) electrons. The second-order valence-corrected chi connectivity index (χ2v) is 7.73. The smallest absolute Gasteiger partial charge is 0.227 e. The number of rotatable bonds is 9. The van der Waals surface area contributed by atoms with Crippen LogP contribution in [0.15, 0.2) is 65.1 Å². The molecule has 0 aliphatic heterocycles. The average Bonchev–Trinajstić information content (AvgIpc) is 3.23. The minimum Gasteiger partial charge on any atom is -0.432 e. The molecule has 0 atom stereocenters. The number of oxazole rings is 1. The molecular weight excluding hydrogens is 394 g/mol. The summed E-state index contributed by atoms with van der Waals surface area (Å²) < 4.78 is 5.81. The summed E-state index contributed by atoms with van der Waals surface area (Å²) >= 11 is 0. The highest BCUT2D eigenvalue weighted by Crippen LogP contribution is 2.29. The summed E-state index contributed by atoms with van der Waals surface area (Å²) in [6.45, 7) is 3.03. The molecule has 0 fully saturated rings. The molecule has 0 bridgehead atoms. The number of carbonyl (C=O) groups excluding carboxylic acids is 3. The van der Waals surface area contributed by atoms with Crippen LogP contribution in [0.5, 0.6) is 0 Å². The fraction of sp³-hybridized carbons (Fsp3) is 0.208. The first-order valence-corrected chi connectivity index (χ1v) is 9.84. The molecule has 1 aromatic heterocycles. The first-order chi connectivity index (χ1) is 14.8. The van der Waals surface area contributed by atoms with Gasteiger partial charge in [0.1, 0.15) is 5.69 Å². The first kappa shape index (κ1) is 22.0. The molecule has 2 amide bonds. The Balaban J connectivity index is 1.76. The molecule has 0 aliphatic carbocycles. The fourth-order valence-electron chi connectivity index (χ4n) is 2.77. The molecule has 31 heavy (non-hydrogen) atoms. The lowest BCUT2D eigenvalue weighted by Gasteiger charge is -2.19. The van der Waals surface area contributed by atoms with Crippen LogP contribution in [0.4, 0.5) is 0 Å². The standard InChI is InChI=1S/C24H24N3O4/c1-24(2,23(25)30)14-13-19(29)26-15-18(28)21-20(16-9-5-3-6-10-16)27-22(31-21)17-11-7-4-8-12-17/h3-13H,14-15H2,1-2H3,(H2,25,30)(H,26,29). The number of ketones is 1. The number of aromatic nitrogens is 1. The molecule has 0 saturated carbocycles. The van der Waals surface area contributed by atoms with Gasteiger partial charge in [-0.1, -0.05) is 62.4 Å². The van der Waals surface area contributed by atoms with Gasteiger partial charge in [-0.25, -0.2) is 4.98 Å². The summed E-state index contributed by atoms with van der Waals surface area (Å²) in [5.74, 6) is -0.988. The Morgan fingerprint density at radius 3 is 2.16 bits per heavy atom. The van der Waals surface area contributed by atoms with E-state index in [1.165, 1.54) is 6.42 Å². The molecule has 2 aromatic carbocycles. The fourth-order valence-corrected chi connectivity index (χ4v) is 2.77. The van der Waals surface area contributed by atoms with Crippen LogP contribution in [-0.4, -0.2) is 29.1 Å².